The predicted molar refractivity (Wildman–Crippen MR) is 68.0 cm³/mol. The largest absolute Gasteiger partial charge is 0.339 e. The van der Waals surface area contributed by atoms with Crippen LogP contribution in [0.4, 0.5) is 0 Å². The fraction of sp³-hybridized carbons (Fsp3) is 0.385. The molecule has 0 saturated heterocycles. The molecule has 90 valence electrons. The molecule has 0 aliphatic heterocycles. The number of hydrogen-bond donors (Lipinski definition) is 1. The summed E-state index contributed by atoms with van der Waals surface area (Å²) < 4.78 is 0. The molecule has 1 N–H and O–H groups in total. The van der Waals surface area contributed by atoms with Gasteiger partial charge in [0.1, 0.15) is 0 Å². The number of aromatic nitrogens is 2. The van der Waals surface area contributed by atoms with E-state index in [4.69, 9.17) is 0 Å². The molecule has 0 aliphatic rings. The Balaban J connectivity index is 2.28. The van der Waals surface area contributed by atoms with Crippen LogP contribution in [0.2, 0.25) is 0 Å². The van der Waals surface area contributed by atoms with E-state index in [9.17, 15) is 4.79 Å². The van der Waals surface area contributed by atoms with Crippen LogP contribution in [0.1, 0.15) is 30.6 Å². The zero-order chi connectivity index (χ0) is 12.3. The second-order valence-corrected chi connectivity index (χ2v) is 4.06. The Hall–Kier alpha value is -1.84. The van der Waals surface area contributed by atoms with Gasteiger partial charge in [0.2, 0.25) is 0 Å². The van der Waals surface area contributed by atoms with Gasteiger partial charge in [-0.3, -0.25) is 9.89 Å². The molecule has 0 radical (unpaired) electrons. The van der Waals surface area contributed by atoms with Gasteiger partial charge in [-0.2, -0.15) is 5.10 Å². The molecule has 1 amide bonds. The molecule has 17 heavy (non-hydrogen) atoms. The van der Waals surface area contributed by atoms with Gasteiger partial charge in [0.05, 0.1) is 11.7 Å². The first-order valence-corrected chi connectivity index (χ1v) is 5.98. The van der Waals surface area contributed by atoms with Gasteiger partial charge in [-0.1, -0.05) is 13.0 Å². The summed E-state index contributed by atoms with van der Waals surface area (Å²) in [6.45, 7) is 5.63. The highest BCUT2D eigenvalue weighted by atomic mass is 16.2. The van der Waals surface area contributed by atoms with Crippen LogP contribution in [0.15, 0.2) is 24.4 Å². The summed E-state index contributed by atoms with van der Waals surface area (Å²) in [5, 5.41) is 7.86. The summed E-state index contributed by atoms with van der Waals surface area (Å²) in [6.07, 6.45) is 2.74. The summed E-state index contributed by atoms with van der Waals surface area (Å²) in [4.78, 5) is 14.1. The molecule has 1 heterocycles. The number of carbonyl (C=O) groups excluding carboxylic acids is 1. The third kappa shape index (κ3) is 2.30. The SMILES string of the molecule is CCCN(CC)C(=O)c1ccc2cn[nH]c2c1. The van der Waals surface area contributed by atoms with Crippen molar-refractivity contribution in [3.63, 3.8) is 0 Å². The number of fused-ring (bicyclic) bond motifs is 1. The third-order valence-corrected chi connectivity index (χ3v) is 2.85. The Morgan fingerprint density at radius 1 is 1.41 bits per heavy atom. The second-order valence-electron chi connectivity index (χ2n) is 4.06. The average Bonchev–Trinajstić information content (AvgIpc) is 2.82. The molecular formula is C13H17N3O. The highest BCUT2D eigenvalue weighted by molar-refractivity contribution is 5.97. The number of benzene rings is 1. The van der Waals surface area contributed by atoms with E-state index in [2.05, 4.69) is 17.1 Å². The van der Waals surface area contributed by atoms with Crippen LogP contribution in [-0.4, -0.2) is 34.1 Å². The number of carbonyl (C=O) groups is 1. The third-order valence-electron chi connectivity index (χ3n) is 2.85. The van der Waals surface area contributed by atoms with Crippen molar-refractivity contribution in [2.45, 2.75) is 20.3 Å². The average molecular weight is 231 g/mol. The molecule has 1 aromatic heterocycles. The molecule has 4 heteroatoms. The molecule has 0 aliphatic carbocycles. The summed E-state index contributed by atoms with van der Waals surface area (Å²) in [7, 11) is 0. The molecule has 0 fully saturated rings. The van der Waals surface area contributed by atoms with Crippen LogP contribution >= 0.6 is 0 Å². The minimum absolute atomic E-state index is 0.0888. The fourth-order valence-electron chi connectivity index (χ4n) is 1.93. The van der Waals surface area contributed by atoms with Crippen molar-refractivity contribution in [1.29, 1.82) is 0 Å². The van der Waals surface area contributed by atoms with Crippen LogP contribution in [0, 0.1) is 0 Å². The zero-order valence-corrected chi connectivity index (χ0v) is 10.2. The minimum atomic E-state index is 0.0888. The van der Waals surface area contributed by atoms with Crippen LogP contribution in [-0.2, 0) is 0 Å². The number of amides is 1. The first kappa shape index (κ1) is 11.6. The summed E-state index contributed by atoms with van der Waals surface area (Å²) in [5.41, 5.74) is 1.63. The van der Waals surface area contributed by atoms with E-state index in [0.29, 0.717) is 0 Å². The normalized spacial score (nSPS) is 10.7. The maximum Gasteiger partial charge on any atom is 0.253 e. The summed E-state index contributed by atoms with van der Waals surface area (Å²) in [5.74, 6) is 0.0888. The topological polar surface area (TPSA) is 49.0 Å². The zero-order valence-electron chi connectivity index (χ0n) is 10.2. The first-order chi connectivity index (χ1) is 8.26. The van der Waals surface area contributed by atoms with Crippen molar-refractivity contribution < 1.29 is 4.79 Å². The van der Waals surface area contributed by atoms with Crippen LogP contribution in [0.5, 0.6) is 0 Å². The molecule has 0 spiro atoms. The number of aromatic amines is 1. The van der Waals surface area contributed by atoms with E-state index in [1.165, 1.54) is 0 Å². The molecule has 4 nitrogen and oxygen atoms in total. The van der Waals surface area contributed by atoms with Crippen LogP contribution < -0.4 is 0 Å². The van der Waals surface area contributed by atoms with Gasteiger partial charge in [-0.05, 0) is 25.5 Å². The molecule has 0 saturated carbocycles. The number of nitrogens with one attached hydrogen (secondary N) is 1. The lowest BCUT2D eigenvalue weighted by Crippen LogP contribution is -2.31. The lowest BCUT2D eigenvalue weighted by molar-refractivity contribution is 0.0764. The second kappa shape index (κ2) is 4.99. The number of H-pyrrole nitrogens is 1. The van der Waals surface area contributed by atoms with Gasteiger partial charge < -0.3 is 4.90 Å². The summed E-state index contributed by atoms with van der Waals surface area (Å²) >= 11 is 0. The van der Waals surface area contributed by atoms with Crippen molar-refractivity contribution >= 4 is 16.8 Å². The highest BCUT2D eigenvalue weighted by Crippen LogP contribution is 2.14. The Labute approximate surface area is 101 Å². The number of hydrogen-bond acceptors (Lipinski definition) is 2. The Bertz CT molecular complexity index is 518. The van der Waals surface area contributed by atoms with Gasteiger partial charge in [-0.15, -0.1) is 0 Å². The minimum Gasteiger partial charge on any atom is -0.339 e. The first-order valence-electron chi connectivity index (χ1n) is 5.98. The van der Waals surface area contributed by atoms with Crippen LogP contribution in [0.3, 0.4) is 0 Å². The lowest BCUT2D eigenvalue weighted by Gasteiger charge is -2.20. The van der Waals surface area contributed by atoms with Crippen molar-refractivity contribution in [3.05, 3.63) is 30.0 Å². The molecule has 2 rings (SSSR count). The monoisotopic (exact) mass is 231 g/mol. The highest BCUT2D eigenvalue weighted by Gasteiger charge is 2.13. The van der Waals surface area contributed by atoms with E-state index >= 15 is 0 Å². The smallest absolute Gasteiger partial charge is 0.253 e. The van der Waals surface area contributed by atoms with E-state index in [1.807, 2.05) is 30.0 Å². The maximum absolute atomic E-state index is 12.2. The standard InChI is InChI=1S/C13H17N3O/c1-3-7-16(4-2)13(17)10-5-6-11-9-14-15-12(11)8-10/h5-6,8-9H,3-4,7H2,1-2H3,(H,14,15). The Morgan fingerprint density at radius 2 is 2.24 bits per heavy atom. The molecule has 0 unspecified atom stereocenters. The van der Waals surface area contributed by atoms with Gasteiger partial charge in [-0.25, -0.2) is 0 Å². The van der Waals surface area contributed by atoms with E-state index in [-0.39, 0.29) is 5.91 Å². The number of nitrogens with zero attached hydrogens (tertiary/aromatic N) is 2. The Kier molecular flexibility index (Phi) is 3.42. The fourth-order valence-corrected chi connectivity index (χ4v) is 1.93. The van der Waals surface area contributed by atoms with Crippen LogP contribution in [0.25, 0.3) is 10.9 Å². The maximum atomic E-state index is 12.2. The molecular weight excluding hydrogens is 214 g/mol. The molecule has 0 atom stereocenters. The Morgan fingerprint density at radius 3 is 2.94 bits per heavy atom. The van der Waals surface area contributed by atoms with Crippen molar-refractivity contribution in [3.8, 4) is 0 Å². The van der Waals surface area contributed by atoms with Gasteiger partial charge in [0.25, 0.3) is 5.91 Å². The molecule has 1 aromatic carbocycles. The van der Waals surface area contributed by atoms with Gasteiger partial charge in [0, 0.05) is 24.0 Å². The number of rotatable bonds is 4. The molecule has 0 bridgehead atoms. The van der Waals surface area contributed by atoms with E-state index in [0.717, 1.165) is 36.0 Å². The van der Waals surface area contributed by atoms with Crippen molar-refractivity contribution in [2.75, 3.05) is 13.1 Å². The van der Waals surface area contributed by atoms with E-state index in [1.54, 1.807) is 6.20 Å². The summed E-state index contributed by atoms with van der Waals surface area (Å²) in [6, 6.07) is 5.65. The lowest BCUT2D eigenvalue weighted by atomic mass is 10.1. The van der Waals surface area contributed by atoms with E-state index < -0.39 is 0 Å². The van der Waals surface area contributed by atoms with Gasteiger partial charge >= 0.3 is 0 Å². The quantitative estimate of drug-likeness (QED) is 0.878. The van der Waals surface area contributed by atoms with Crippen molar-refractivity contribution in [2.24, 2.45) is 0 Å². The molecule has 2 aromatic rings. The van der Waals surface area contributed by atoms with Crippen molar-refractivity contribution in [1.82, 2.24) is 15.1 Å². The van der Waals surface area contributed by atoms with Gasteiger partial charge in [0.15, 0.2) is 0 Å². The predicted octanol–water partition coefficient (Wildman–Crippen LogP) is 2.43.